The Bertz CT molecular complexity index is 735. The minimum Gasteiger partial charge on any atom is -0.486 e. The van der Waals surface area contributed by atoms with Crippen LogP contribution in [0.1, 0.15) is 38.2 Å². The SMILES string of the molecule is CCS(=O)C1CCCC(NC(=NC)NCCc2cc(Cl)c3c(c2)OCCO3)C1.I. The summed E-state index contributed by atoms with van der Waals surface area (Å²) in [5.74, 6) is 2.88. The maximum Gasteiger partial charge on any atom is 0.191 e. The fraction of sp³-hybridized carbons (Fsp3) is 0.650. The molecule has 1 heterocycles. The molecule has 1 saturated carbocycles. The molecular weight excluding hydrogens is 525 g/mol. The van der Waals surface area contributed by atoms with Crippen molar-refractivity contribution in [2.75, 3.05) is 32.6 Å². The number of hydrogen-bond donors (Lipinski definition) is 2. The fourth-order valence-corrected chi connectivity index (χ4v) is 5.41. The van der Waals surface area contributed by atoms with Crippen molar-refractivity contribution in [2.45, 2.75) is 50.3 Å². The van der Waals surface area contributed by atoms with Gasteiger partial charge in [0.2, 0.25) is 0 Å². The van der Waals surface area contributed by atoms with E-state index in [0.29, 0.717) is 41.0 Å². The molecule has 3 rings (SSSR count). The second-order valence-electron chi connectivity index (χ2n) is 7.15. The minimum absolute atomic E-state index is 0. The molecule has 2 N–H and O–H groups in total. The number of ether oxygens (including phenoxy) is 2. The van der Waals surface area contributed by atoms with E-state index in [9.17, 15) is 4.21 Å². The summed E-state index contributed by atoms with van der Waals surface area (Å²) < 4.78 is 23.3. The van der Waals surface area contributed by atoms with Crippen molar-refractivity contribution < 1.29 is 13.7 Å². The molecule has 0 radical (unpaired) electrons. The average Bonchev–Trinajstić information content (AvgIpc) is 2.72. The largest absolute Gasteiger partial charge is 0.486 e. The third-order valence-corrected chi connectivity index (χ3v) is 7.23. The first-order chi connectivity index (χ1) is 13.6. The molecule has 0 aromatic heterocycles. The summed E-state index contributed by atoms with van der Waals surface area (Å²) in [5.41, 5.74) is 1.09. The first kappa shape index (κ1) is 24.5. The number of benzene rings is 1. The first-order valence-corrected chi connectivity index (χ1v) is 11.8. The van der Waals surface area contributed by atoms with Crippen molar-refractivity contribution in [1.82, 2.24) is 10.6 Å². The molecule has 0 saturated heterocycles. The number of guanidine groups is 1. The van der Waals surface area contributed by atoms with E-state index in [2.05, 4.69) is 15.6 Å². The van der Waals surface area contributed by atoms with Crippen LogP contribution >= 0.6 is 35.6 Å². The lowest BCUT2D eigenvalue weighted by molar-refractivity contribution is 0.171. The Morgan fingerprint density at radius 3 is 2.86 bits per heavy atom. The van der Waals surface area contributed by atoms with Crippen molar-refractivity contribution in [3.05, 3.63) is 22.7 Å². The van der Waals surface area contributed by atoms with Gasteiger partial charge in [0, 0.05) is 41.4 Å². The maximum absolute atomic E-state index is 12.1. The van der Waals surface area contributed by atoms with Crippen molar-refractivity contribution in [2.24, 2.45) is 4.99 Å². The van der Waals surface area contributed by atoms with Gasteiger partial charge in [-0.05, 0) is 43.4 Å². The second kappa shape index (κ2) is 12.2. The van der Waals surface area contributed by atoms with E-state index in [0.717, 1.165) is 55.9 Å². The van der Waals surface area contributed by atoms with Gasteiger partial charge in [0.25, 0.3) is 0 Å². The number of fused-ring (bicyclic) bond motifs is 1. The zero-order valence-electron chi connectivity index (χ0n) is 17.0. The molecule has 9 heteroatoms. The molecule has 1 fully saturated rings. The smallest absolute Gasteiger partial charge is 0.191 e. The van der Waals surface area contributed by atoms with Gasteiger partial charge in [-0.3, -0.25) is 9.20 Å². The molecule has 1 aromatic rings. The van der Waals surface area contributed by atoms with Crippen LogP contribution in [-0.4, -0.2) is 54.0 Å². The summed E-state index contributed by atoms with van der Waals surface area (Å²) in [6.45, 7) is 3.81. The van der Waals surface area contributed by atoms with Crippen LogP contribution < -0.4 is 20.1 Å². The van der Waals surface area contributed by atoms with E-state index in [1.165, 1.54) is 0 Å². The summed E-state index contributed by atoms with van der Waals surface area (Å²) in [7, 11) is 1.06. The predicted octanol–water partition coefficient (Wildman–Crippen LogP) is 3.52. The van der Waals surface area contributed by atoms with Gasteiger partial charge in [-0.15, -0.1) is 24.0 Å². The minimum atomic E-state index is -0.720. The molecule has 0 bridgehead atoms. The third-order valence-electron chi connectivity index (χ3n) is 5.21. The molecule has 2 aliphatic rings. The molecule has 3 unspecified atom stereocenters. The lowest BCUT2D eigenvalue weighted by atomic mass is 9.95. The summed E-state index contributed by atoms with van der Waals surface area (Å²) in [5, 5.41) is 7.76. The molecule has 1 aromatic carbocycles. The van der Waals surface area contributed by atoms with Gasteiger partial charge in [-0.25, -0.2) is 0 Å². The number of aliphatic imine (C=N–C) groups is 1. The van der Waals surface area contributed by atoms with Crippen molar-refractivity contribution in [3.8, 4) is 11.5 Å². The van der Waals surface area contributed by atoms with E-state index in [1.807, 2.05) is 19.1 Å². The van der Waals surface area contributed by atoms with Gasteiger partial charge in [-0.2, -0.15) is 0 Å². The van der Waals surface area contributed by atoms with Crippen molar-refractivity contribution >= 4 is 52.3 Å². The highest BCUT2D eigenvalue weighted by Crippen LogP contribution is 2.38. The van der Waals surface area contributed by atoms with E-state index >= 15 is 0 Å². The molecule has 29 heavy (non-hydrogen) atoms. The number of halogens is 2. The van der Waals surface area contributed by atoms with Crippen LogP contribution in [-0.2, 0) is 17.2 Å². The third kappa shape index (κ3) is 6.89. The zero-order valence-corrected chi connectivity index (χ0v) is 20.9. The number of nitrogens with one attached hydrogen (secondary N) is 2. The highest BCUT2D eigenvalue weighted by atomic mass is 127. The second-order valence-corrected chi connectivity index (χ2v) is 9.56. The highest BCUT2D eigenvalue weighted by molar-refractivity contribution is 14.0. The Morgan fingerprint density at radius 2 is 2.10 bits per heavy atom. The van der Waals surface area contributed by atoms with Crippen LogP contribution in [0, 0.1) is 0 Å². The summed E-state index contributed by atoms with van der Waals surface area (Å²) in [6, 6.07) is 4.24. The van der Waals surface area contributed by atoms with E-state index in [1.54, 1.807) is 7.05 Å². The molecule has 3 atom stereocenters. The lowest BCUT2D eigenvalue weighted by Crippen LogP contribution is -2.47. The van der Waals surface area contributed by atoms with Crippen LogP contribution in [0.4, 0.5) is 0 Å². The topological polar surface area (TPSA) is 72.0 Å². The van der Waals surface area contributed by atoms with Crippen LogP contribution in [0.15, 0.2) is 17.1 Å². The van der Waals surface area contributed by atoms with Gasteiger partial charge < -0.3 is 20.1 Å². The fourth-order valence-electron chi connectivity index (χ4n) is 3.77. The molecular formula is C20H31ClIN3O3S. The summed E-state index contributed by atoms with van der Waals surface area (Å²) in [6.07, 6.45) is 5.01. The van der Waals surface area contributed by atoms with Crippen LogP contribution in [0.5, 0.6) is 11.5 Å². The monoisotopic (exact) mass is 555 g/mol. The summed E-state index contributed by atoms with van der Waals surface area (Å²) in [4.78, 5) is 4.34. The van der Waals surface area contributed by atoms with Gasteiger partial charge in [0.1, 0.15) is 13.2 Å². The Morgan fingerprint density at radius 1 is 1.31 bits per heavy atom. The lowest BCUT2D eigenvalue weighted by Gasteiger charge is -2.30. The van der Waals surface area contributed by atoms with Crippen LogP contribution in [0.3, 0.4) is 0 Å². The number of rotatable bonds is 6. The van der Waals surface area contributed by atoms with Crippen molar-refractivity contribution in [1.29, 1.82) is 0 Å². The predicted molar refractivity (Wildman–Crippen MR) is 131 cm³/mol. The standard InChI is InChI=1S/C20H30ClN3O3S.HI/c1-3-28(25)16-6-4-5-15(13-16)24-20(22-2)23-8-7-14-11-17(21)19-18(12-14)26-9-10-27-19;/h11-12,15-16H,3-10,13H2,1-2H3,(H2,22,23,24);1H. The van der Waals surface area contributed by atoms with Crippen molar-refractivity contribution in [3.63, 3.8) is 0 Å². The van der Waals surface area contributed by atoms with E-state index in [4.69, 9.17) is 21.1 Å². The van der Waals surface area contributed by atoms with Gasteiger partial charge in [0.15, 0.2) is 17.5 Å². The quantitative estimate of drug-likeness (QED) is 0.319. The number of hydrogen-bond acceptors (Lipinski definition) is 4. The van der Waals surface area contributed by atoms with Crippen LogP contribution in [0.25, 0.3) is 0 Å². The Hall–Kier alpha value is -0.740. The highest BCUT2D eigenvalue weighted by Gasteiger charge is 2.26. The van der Waals surface area contributed by atoms with E-state index in [-0.39, 0.29) is 24.0 Å². The maximum atomic E-state index is 12.1. The summed E-state index contributed by atoms with van der Waals surface area (Å²) >= 11 is 6.31. The van der Waals surface area contributed by atoms with Gasteiger partial charge >= 0.3 is 0 Å². The first-order valence-electron chi connectivity index (χ1n) is 10.0. The van der Waals surface area contributed by atoms with E-state index < -0.39 is 10.8 Å². The molecule has 1 aliphatic heterocycles. The molecule has 6 nitrogen and oxygen atoms in total. The Balaban J connectivity index is 0.00000300. The Kier molecular flexibility index (Phi) is 10.3. The average molecular weight is 556 g/mol. The van der Waals surface area contributed by atoms with Crippen LogP contribution in [0.2, 0.25) is 5.02 Å². The number of nitrogens with zero attached hydrogens (tertiary/aromatic N) is 1. The van der Waals surface area contributed by atoms with Gasteiger partial charge in [0.05, 0.1) is 5.02 Å². The van der Waals surface area contributed by atoms with Gasteiger partial charge in [-0.1, -0.05) is 24.9 Å². The molecule has 0 spiro atoms. The molecule has 0 amide bonds. The molecule has 1 aliphatic carbocycles. The zero-order chi connectivity index (χ0) is 19.9. The molecule has 164 valence electrons. The normalized spacial score (nSPS) is 22.4. The Labute approximate surface area is 198 Å².